The Balaban J connectivity index is 1.28. The summed E-state index contributed by atoms with van der Waals surface area (Å²) in [5.41, 5.74) is 4.99. The fraction of sp³-hybridized carbons (Fsp3) is 0.172. The molecule has 1 heterocycles. The van der Waals surface area contributed by atoms with E-state index < -0.39 is 0 Å². The highest BCUT2D eigenvalue weighted by atomic mass is 32.1. The summed E-state index contributed by atoms with van der Waals surface area (Å²) in [5.74, 6) is 0.483. The number of hydrogen-bond donors (Lipinski definition) is 1. The van der Waals surface area contributed by atoms with Crippen LogP contribution in [0.3, 0.4) is 0 Å². The average molecular weight is 486 g/mol. The van der Waals surface area contributed by atoms with Gasteiger partial charge in [0.15, 0.2) is 0 Å². The van der Waals surface area contributed by atoms with Crippen LogP contribution in [-0.4, -0.2) is 18.5 Å². The van der Waals surface area contributed by atoms with E-state index in [2.05, 4.69) is 5.32 Å². The van der Waals surface area contributed by atoms with E-state index in [-0.39, 0.29) is 24.7 Å². The third-order valence-electron chi connectivity index (χ3n) is 5.34. The maximum absolute atomic E-state index is 12.5. The largest absolute Gasteiger partial charge is 0.489 e. The minimum atomic E-state index is -0.249. The molecule has 0 unspecified atom stereocenters. The second-order valence-corrected chi connectivity index (χ2v) is 8.93. The number of anilines is 1. The number of carbonyl (C=O) groups is 2. The van der Waals surface area contributed by atoms with Crippen molar-refractivity contribution in [3.05, 3.63) is 107 Å². The first-order valence-electron chi connectivity index (χ1n) is 11.5. The molecule has 1 amide bonds. The van der Waals surface area contributed by atoms with Crippen LogP contribution >= 0.6 is 11.3 Å². The zero-order valence-corrected chi connectivity index (χ0v) is 20.3. The van der Waals surface area contributed by atoms with Gasteiger partial charge in [0, 0.05) is 5.38 Å². The van der Waals surface area contributed by atoms with Crippen LogP contribution in [0.15, 0.2) is 90.3 Å². The molecule has 0 saturated carbocycles. The zero-order chi connectivity index (χ0) is 24.5. The van der Waals surface area contributed by atoms with Gasteiger partial charge in [0.1, 0.15) is 12.4 Å². The van der Waals surface area contributed by atoms with Gasteiger partial charge < -0.3 is 14.8 Å². The number of carbonyl (C=O) groups excluding carboxylic acids is 2. The SMILES string of the molecule is CCOC(=O)Cc1ccc(CC(=O)Nc2cc(-c3ccc(OCc4ccccc4)cc3)cs2)cc1. The maximum Gasteiger partial charge on any atom is 0.310 e. The molecule has 6 heteroatoms. The molecule has 4 aromatic rings. The topological polar surface area (TPSA) is 64.6 Å². The number of esters is 1. The summed E-state index contributed by atoms with van der Waals surface area (Å²) in [7, 11) is 0. The summed E-state index contributed by atoms with van der Waals surface area (Å²) < 4.78 is 10.8. The molecule has 35 heavy (non-hydrogen) atoms. The van der Waals surface area contributed by atoms with E-state index in [9.17, 15) is 9.59 Å². The highest BCUT2D eigenvalue weighted by Crippen LogP contribution is 2.30. The quantitative estimate of drug-likeness (QED) is 0.269. The van der Waals surface area contributed by atoms with E-state index >= 15 is 0 Å². The summed E-state index contributed by atoms with van der Waals surface area (Å²) in [6.45, 7) is 2.69. The Kier molecular flexibility index (Phi) is 8.30. The van der Waals surface area contributed by atoms with Crippen molar-refractivity contribution in [1.82, 2.24) is 0 Å². The number of thiophene rings is 1. The standard InChI is InChI=1S/C29H27NO4S/c1-2-33-29(32)17-22-10-8-21(9-11-22)16-27(31)30-28-18-25(20-35-28)24-12-14-26(15-13-24)34-19-23-6-4-3-5-7-23/h3-15,18,20H,2,16-17,19H2,1H3,(H,30,31). The monoisotopic (exact) mass is 485 g/mol. The highest BCUT2D eigenvalue weighted by Gasteiger charge is 2.09. The first-order valence-corrected chi connectivity index (χ1v) is 12.4. The van der Waals surface area contributed by atoms with Crippen LogP contribution in [0, 0.1) is 0 Å². The number of ether oxygens (including phenoxy) is 2. The summed E-state index contributed by atoms with van der Waals surface area (Å²) in [5, 5.41) is 5.80. The molecular formula is C29H27NO4S. The molecule has 1 N–H and O–H groups in total. The first kappa shape index (κ1) is 24.2. The number of hydrogen-bond acceptors (Lipinski definition) is 5. The smallest absolute Gasteiger partial charge is 0.310 e. The van der Waals surface area contributed by atoms with E-state index in [0.29, 0.717) is 13.2 Å². The van der Waals surface area contributed by atoms with Gasteiger partial charge in [-0.05, 0) is 52.9 Å². The predicted molar refractivity (Wildman–Crippen MR) is 140 cm³/mol. The lowest BCUT2D eigenvalue weighted by Gasteiger charge is -2.07. The molecule has 0 atom stereocenters. The summed E-state index contributed by atoms with van der Waals surface area (Å²) >= 11 is 1.49. The number of amides is 1. The summed E-state index contributed by atoms with van der Waals surface area (Å²) in [6.07, 6.45) is 0.499. The van der Waals surface area contributed by atoms with Crippen LogP contribution in [0.5, 0.6) is 5.75 Å². The molecule has 0 aliphatic heterocycles. The Labute approximate surface area is 209 Å². The fourth-order valence-electron chi connectivity index (χ4n) is 3.56. The van der Waals surface area contributed by atoms with E-state index in [1.807, 2.05) is 90.3 Å². The van der Waals surface area contributed by atoms with Crippen molar-refractivity contribution in [3.63, 3.8) is 0 Å². The molecule has 0 saturated heterocycles. The van der Waals surface area contributed by atoms with Gasteiger partial charge in [-0.15, -0.1) is 11.3 Å². The van der Waals surface area contributed by atoms with Crippen molar-refractivity contribution in [2.75, 3.05) is 11.9 Å². The number of benzene rings is 3. The van der Waals surface area contributed by atoms with E-state index in [0.717, 1.165) is 38.6 Å². The van der Waals surface area contributed by atoms with Crippen molar-refractivity contribution in [2.24, 2.45) is 0 Å². The Morgan fingerprint density at radius 3 is 2.17 bits per heavy atom. The number of rotatable bonds is 10. The predicted octanol–water partition coefficient (Wildman–Crippen LogP) is 6.28. The maximum atomic E-state index is 12.5. The minimum absolute atomic E-state index is 0.0822. The van der Waals surface area contributed by atoms with Gasteiger partial charge in [-0.1, -0.05) is 66.7 Å². The van der Waals surface area contributed by atoms with E-state index in [4.69, 9.17) is 9.47 Å². The highest BCUT2D eigenvalue weighted by molar-refractivity contribution is 7.14. The van der Waals surface area contributed by atoms with Gasteiger partial charge in [-0.2, -0.15) is 0 Å². The van der Waals surface area contributed by atoms with E-state index in [1.54, 1.807) is 6.92 Å². The van der Waals surface area contributed by atoms with Crippen LogP contribution in [0.25, 0.3) is 11.1 Å². The Morgan fingerprint density at radius 2 is 1.49 bits per heavy atom. The van der Waals surface area contributed by atoms with Crippen molar-refractivity contribution in [2.45, 2.75) is 26.4 Å². The number of nitrogens with one attached hydrogen (secondary N) is 1. The molecule has 0 bridgehead atoms. The van der Waals surface area contributed by atoms with E-state index in [1.165, 1.54) is 11.3 Å². The lowest BCUT2D eigenvalue weighted by Crippen LogP contribution is -2.13. The first-order chi connectivity index (χ1) is 17.1. The van der Waals surface area contributed by atoms with Crippen molar-refractivity contribution >= 4 is 28.2 Å². The molecule has 0 fully saturated rings. The lowest BCUT2D eigenvalue weighted by atomic mass is 10.1. The Bertz CT molecular complexity index is 1250. The Hall–Kier alpha value is -3.90. The van der Waals surface area contributed by atoms with Gasteiger partial charge >= 0.3 is 5.97 Å². The second-order valence-electron chi connectivity index (χ2n) is 8.02. The average Bonchev–Trinajstić information content (AvgIpc) is 3.33. The van der Waals surface area contributed by atoms with Crippen LogP contribution in [0.2, 0.25) is 0 Å². The molecular weight excluding hydrogens is 458 g/mol. The molecule has 0 aliphatic carbocycles. The van der Waals surface area contributed by atoms with Crippen LogP contribution in [-0.2, 0) is 33.8 Å². The Morgan fingerprint density at radius 1 is 0.800 bits per heavy atom. The minimum Gasteiger partial charge on any atom is -0.489 e. The van der Waals surface area contributed by atoms with Gasteiger partial charge in [-0.3, -0.25) is 9.59 Å². The van der Waals surface area contributed by atoms with Gasteiger partial charge in [0.2, 0.25) is 5.91 Å². The van der Waals surface area contributed by atoms with Gasteiger partial charge in [0.25, 0.3) is 0 Å². The molecule has 4 rings (SSSR count). The fourth-order valence-corrected chi connectivity index (χ4v) is 4.38. The molecule has 0 aliphatic rings. The van der Waals surface area contributed by atoms with Gasteiger partial charge in [0.05, 0.1) is 24.4 Å². The molecule has 5 nitrogen and oxygen atoms in total. The normalized spacial score (nSPS) is 10.5. The van der Waals surface area contributed by atoms with Crippen LogP contribution in [0.4, 0.5) is 5.00 Å². The summed E-state index contributed by atoms with van der Waals surface area (Å²) in [4.78, 5) is 24.1. The third-order valence-corrected chi connectivity index (χ3v) is 6.19. The molecule has 178 valence electrons. The van der Waals surface area contributed by atoms with Crippen molar-refractivity contribution in [1.29, 1.82) is 0 Å². The second kappa shape index (κ2) is 12.0. The molecule has 3 aromatic carbocycles. The van der Waals surface area contributed by atoms with Gasteiger partial charge in [-0.25, -0.2) is 0 Å². The molecule has 0 radical (unpaired) electrons. The van der Waals surface area contributed by atoms with Crippen LogP contribution in [0.1, 0.15) is 23.6 Å². The lowest BCUT2D eigenvalue weighted by molar-refractivity contribution is -0.142. The zero-order valence-electron chi connectivity index (χ0n) is 19.5. The van der Waals surface area contributed by atoms with Crippen molar-refractivity contribution in [3.8, 4) is 16.9 Å². The molecule has 1 aromatic heterocycles. The van der Waals surface area contributed by atoms with Crippen molar-refractivity contribution < 1.29 is 19.1 Å². The molecule has 0 spiro atoms. The summed E-state index contributed by atoms with van der Waals surface area (Å²) in [6, 6.07) is 27.5. The third kappa shape index (κ3) is 7.29. The van der Waals surface area contributed by atoms with Crippen LogP contribution < -0.4 is 10.1 Å².